The summed E-state index contributed by atoms with van der Waals surface area (Å²) in [6.07, 6.45) is 3.96. The number of nitrogen functional groups attached to an aromatic ring is 1. The Morgan fingerprint density at radius 3 is 3.14 bits per heavy atom. The molecule has 6 heteroatoms. The summed E-state index contributed by atoms with van der Waals surface area (Å²) in [5, 5.41) is 3.28. The lowest BCUT2D eigenvalue weighted by Crippen LogP contribution is -2.35. The fourth-order valence-corrected chi connectivity index (χ4v) is 2.67. The Balaban J connectivity index is 2.03. The topological polar surface area (TPSA) is 80.5 Å². The monoisotopic (exact) mass is 292 g/mol. The van der Waals surface area contributed by atoms with Gasteiger partial charge in [-0.05, 0) is 45.3 Å². The highest BCUT2D eigenvalue weighted by molar-refractivity contribution is 5.95. The zero-order valence-corrected chi connectivity index (χ0v) is 12.8. The average Bonchev–Trinajstić information content (AvgIpc) is 2.46. The number of hydrogen-bond donors (Lipinski definition) is 2. The number of aromatic nitrogens is 1. The van der Waals surface area contributed by atoms with E-state index in [0.29, 0.717) is 29.6 Å². The third kappa shape index (κ3) is 4.32. The molecule has 1 saturated heterocycles. The van der Waals surface area contributed by atoms with E-state index in [1.165, 1.54) is 12.8 Å². The van der Waals surface area contributed by atoms with E-state index in [2.05, 4.69) is 22.2 Å². The molecule has 0 radical (unpaired) electrons. The smallest absolute Gasteiger partial charge is 0.341 e. The lowest BCUT2D eigenvalue weighted by molar-refractivity contribution is 0.0527. The molecular formula is C15H24N4O2. The van der Waals surface area contributed by atoms with Crippen LogP contribution >= 0.6 is 0 Å². The second-order valence-electron chi connectivity index (χ2n) is 5.54. The first-order chi connectivity index (χ1) is 10.1. The summed E-state index contributed by atoms with van der Waals surface area (Å²) in [7, 11) is 2.14. The number of nitrogens with zero attached hydrogens (tertiary/aromatic N) is 2. The molecule has 2 rings (SSSR count). The molecule has 21 heavy (non-hydrogen) atoms. The second kappa shape index (κ2) is 7.26. The fraction of sp³-hybridized carbons (Fsp3) is 0.600. The molecule has 0 spiro atoms. The van der Waals surface area contributed by atoms with Crippen molar-refractivity contribution in [3.05, 3.63) is 17.8 Å². The number of carbonyl (C=O) groups is 1. The molecule has 0 aliphatic carbocycles. The molecule has 1 unspecified atom stereocenters. The molecule has 0 aromatic carbocycles. The van der Waals surface area contributed by atoms with Crippen molar-refractivity contribution < 1.29 is 9.53 Å². The van der Waals surface area contributed by atoms with Crippen molar-refractivity contribution in [3.63, 3.8) is 0 Å². The predicted molar refractivity (Wildman–Crippen MR) is 83.3 cm³/mol. The van der Waals surface area contributed by atoms with E-state index >= 15 is 0 Å². The Morgan fingerprint density at radius 2 is 2.43 bits per heavy atom. The number of rotatable bonds is 5. The largest absolute Gasteiger partial charge is 0.462 e. The van der Waals surface area contributed by atoms with Crippen molar-refractivity contribution in [2.45, 2.75) is 19.8 Å². The van der Waals surface area contributed by atoms with Gasteiger partial charge in [0.2, 0.25) is 0 Å². The fourth-order valence-electron chi connectivity index (χ4n) is 2.67. The summed E-state index contributed by atoms with van der Waals surface area (Å²) < 4.78 is 5.05. The minimum absolute atomic E-state index is 0.334. The van der Waals surface area contributed by atoms with Gasteiger partial charge in [0.1, 0.15) is 11.4 Å². The van der Waals surface area contributed by atoms with Crippen LogP contribution in [0.15, 0.2) is 12.3 Å². The zero-order chi connectivity index (χ0) is 15.2. The summed E-state index contributed by atoms with van der Waals surface area (Å²) >= 11 is 0. The molecule has 1 aliphatic rings. The number of hydrogen-bond acceptors (Lipinski definition) is 6. The number of nitrogens with one attached hydrogen (secondary N) is 1. The van der Waals surface area contributed by atoms with Gasteiger partial charge in [-0.25, -0.2) is 9.78 Å². The van der Waals surface area contributed by atoms with Gasteiger partial charge in [-0.15, -0.1) is 0 Å². The molecule has 0 saturated carbocycles. The van der Waals surface area contributed by atoms with Gasteiger partial charge in [-0.3, -0.25) is 0 Å². The van der Waals surface area contributed by atoms with E-state index in [1.807, 2.05) is 0 Å². The molecule has 116 valence electrons. The number of piperidine rings is 1. The summed E-state index contributed by atoms with van der Waals surface area (Å²) in [5.41, 5.74) is 6.58. The van der Waals surface area contributed by atoms with Gasteiger partial charge in [0.15, 0.2) is 0 Å². The van der Waals surface area contributed by atoms with E-state index in [0.717, 1.165) is 19.6 Å². The highest BCUT2D eigenvalue weighted by Gasteiger charge is 2.19. The van der Waals surface area contributed by atoms with Gasteiger partial charge in [-0.2, -0.15) is 0 Å². The molecule has 3 N–H and O–H groups in total. The maximum Gasteiger partial charge on any atom is 0.341 e. The van der Waals surface area contributed by atoms with Crippen molar-refractivity contribution >= 4 is 17.5 Å². The molecule has 1 aliphatic heterocycles. The second-order valence-corrected chi connectivity index (χ2v) is 5.54. The van der Waals surface area contributed by atoms with Crippen LogP contribution in [0.25, 0.3) is 0 Å². The van der Waals surface area contributed by atoms with Gasteiger partial charge < -0.3 is 20.7 Å². The lowest BCUT2D eigenvalue weighted by atomic mass is 9.98. The van der Waals surface area contributed by atoms with Crippen molar-refractivity contribution in [1.82, 2.24) is 9.88 Å². The summed E-state index contributed by atoms with van der Waals surface area (Å²) in [6, 6.07) is 1.61. The number of pyridine rings is 1. The first-order valence-corrected chi connectivity index (χ1v) is 7.45. The van der Waals surface area contributed by atoms with Crippen LogP contribution in [0, 0.1) is 5.92 Å². The minimum Gasteiger partial charge on any atom is -0.462 e. The van der Waals surface area contributed by atoms with Crippen molar-refractivity contribution in [2.24, 2.45) is 5.92 Å². The number of carbonyl (C=O) groups excluding carboxylic acids is 1. The zero-order valence-electron chi connectivity index (χ0n) is 12.8. The van der Waals surface area contributed by atoms with Crippen LogP contribution in [-0.2, 0) is 4.74 Å². The Hall–Kier alpha value is -1.82. The van der Waals surface area contributed by atoms with Crippen LogP contribution in [-0.4, -0.2) is 49.1 Å². The standard InChI is InChI=1S/C15H24N4O2/c1-3-21-15(20)13-7-12(16)9-18-14(13)17-8-11-5-4-6-19(2)10-11/h7,9,11H,3-6,8,10,16H2,1-2H3,(H,17,18). The normalized spacial score (nSPS) is 19.2. The molecule has 0 amide bonds. The maximum atomic E-state index is 12.0. The van der Waals surface area contributed by atoms with Gasteiger partial charge in [0.05, 0.1) is 18.5 Å². The summed E-state index contributed by atoms with van der Waals surface area (Å²) in [5.74, 6) is 0.731. The molecule has 1 fully saturated rings. The third-order valence-corrected chi connectivity index (χ3v) is 3.68. The van der Waals surface area contributed by atoms with Crippen LogP contribution in [0.1, 0.15) is 30.1 Å². The Labute approximate surface area is 125 Å². The van der Waals surface area contributed by atoms with E-state index in [-0.39, 0.29) is 5.97 Å². The Kier molecular flexibility index (Phi) is 5.38. The molecule has 6 nitrogen and oxygen atoms in total. The van der Waals surface area contributed by atoms with Crippen LogP contribution in [0.3, 0.4) is 0 Å². The van der Waals surface area contributed by atoms with Crippen LogP contribution in [0.4, 0.5) is 11.5 Å². The molecule has 1 aromatic rings. The SMILES string of the molecule is CCOC(=O)c1cc(N)cnc1NCC1CCCN(C)C1. The number of ether oxygens (including phenoxy) is 1. The van der Waals surface area contributed by atoms with Crippen LogP contribution in [0.2, 0.25) is 0 Å². The first kappa shape index (κ1) is 15.6. The number of anilines is 2. The van der Waals surface area contributed by atoms with E-state index in [9.17, 15) is 4.79 Å². The summed E-state index contributed by atoms with van der Waals surface area (Å²) in [6.45, 7) is 5.14. The number of likely N-dealkylation sites (tertiary alicyclic amines) is 1. The Morgan fingerprint density at radius 1 is 1.62 bits per heavy atom. The average molecular weight is 292 g/mol. The number of esters is 1. The van der Waals surface area contributed by atoms with Gasteiger partial charge in [-0.1, -0.05) is 0 Å². The van der Waals surface area contributed by atoms with Gasteiger partial charge in [0, 0.05) is 13.1 Å². The van der Waals surface area contributed by atoms with Gasteiger partial charge >= 0.3 is 5.97 Å². The predicted octanol–water partition coefficient (Wildman–Crippen LogP) is 1.59. The molecule has 1 aromatic heterocycles. The Bertz CT molecular complexity index is 493. The lowest BCUT2D eigenvalue weighted by Gasteiger charge is -2.30. The van der Waals surface area contributed by atoms with Gasteiger partial charge in [0.25, 0.3) is 0 Å². The van der Waals surface area contributed by atoms with Crippen LogP contribution < -0.4 is 11.1 Å². The number of nitrogens with two attached hydrogens (primary N) is 1. The third-order valence-electron chi connectivity index (χ3n) is 3.68. The molecule has 0 bridgehead atoms. The van der Waals surface area contributed by atoms with Crippen LogP contribution in [0.5, 0.6) is 0 Å². The molecular weight excluding hydrogens is 268 g/mol. The summed E-state index contributed by atoms with van der Waals surface area (Å²) in [4.78, 5) is 18.5. The highest BCUT2D eigenvalue weighted by atomic mass is 16.5. The maximum absolute atomic E-state index is 12.0. The van der Waals surface area contributed by atoms with Crippen molar-refractivity contribution in [2.75, 3.05) is 44.3 Å². The quantitative estimate of drug-likeness (QED) is 0.802. The van der Waals surface area contributed by atoms with E-state index in [4.69, 9.17) is 10.5 Å². The first-order valence-electron chi connectivity index (χ1n) is 7.45. The minimum atomic E-state index is -0.388. The van der Waals surface area contributed by atoms with E-state index < -0.39 is 0 Å². The van der Waals surface area contributed by atoms with Crippen molar-refractivity contribution in [1.29, 1.82) is 0 Å². The highest BCUT2D eigenvalue weighted by Crippen LogP contribution is 2.20. The van der Waals surface area contributed by atoms with Crippen molar-refractivity contribution in [3.8, 4) is 0 Å². The molecule has 1 atom stereocenters. The molecule has 2 heterocycles. The van der Waals surface area contributed by atoms with E-state index in [1.54, 1.807) is 19.2 Å².